The third-order valence-electron chi connectivity index (χ3n) is 5.54. The quantitative estimate of drug-likeness (QED) is 0.306. The van der Waals surface area contributed by atoms with Crippen molar-refractivity contribution in [3.05, 3.63) is 94.4 Å². The van der Waals surface area contributed by atoms with Crippen molar-refractivity contribution in [3.8, 4) is 0 Å². The maximum absolute atomic E-state index is 13.6. The Kier molecular flexibility index (Phi) is 6.13. The van der Waals surface area contributed by atoms with Gasteiger partial charge in [0, 0.05) is 33.9 Å². The predicted molar refractivity (Wildman–Crippen MR) is 123 cm³/mol. The molecule has 0 radical (unpaired) electrons. The van der Waals surface area contributed by atoms with E-state index in [4.69, 9.17) is 9.47 Å². The lowest BCUT2D eigenvalue weighted by atomic mass is 9.99. The third kappa shape index (κ3) is 4.17. The summed E-state index contributed by atoms with van der Waals surface area (Å²) in [5.74, 6) is -1.59. The molecule has 2 aromatic carbocycles. The highest BCUT2D eigenvalue weighted by atomic mass is 16.5. The number of para-hydroxylation sites is 1. The molecule has 1 unspecified atom stereocenters. The van der Waals surface area contributed by atoms with E-state index in [2.05, 4.69) is 9.97 Å². The van der Waals surface area contributed by atoms with Crippen LogP contribution in [0.5, 0.6) is 0 Å². The zero-order valence-corrected chi connectivity index (χ0v) is 18.6. The molecule has 0 bridgehead atoms. The second-order valence-electron chi connectivity index (χ2n) is 7.65. The number of hydrogen-bond acceptors (Lipinski definition) is 5. The third-order valence-corrected chi connectivity index (χ3v) is 5.54. The molecule has 0 aliphatic rings. The number of Topliss-reactive ketones (excluding diaryl/α,β-unsaturated/α-hetero) is 1. The number of H-pyrrole nitrogens is 2. The van der Waals surface area contributed by atoms with E-state index in [1.165, 1.54) is 0 Å². The minimum atomic E-state index is -1.16. The van der Waals surface area contributed by atoms with Gasteiger partial charge in [0.15, 0.2) is 6.10 Å². The van der Waals surface area contributed by atoms with Crippen LogP contribution < -0.4 is 0 Å². The van der Waals surface area contributed by atoms with Gasteiger partial charge < -0.3 is 19.4 Å². The van der Waals surface area contributed by atoms with E-state index < -0.39 is 18.0 Å². The van der Waals surface area contributed by atoms with Crippen LogP contribution in [0.1, 0.15) is 61.1 Å². The van der Waals surface area contributed by atoms with Gasteiger partial charge in [-0.05, 0) is 32.4 Å². The van der Waals surface area contributed by atoms with Gasteiger partial charge in [0.2, 0.25) is 5.78 Å². The highest BCUT2D eigenvalue weighted by Crippen LogP contribution is 2.29. The molecular formula is C26H24N2O5. The minimum absolute atomic E-state index is 0.114. The van der Waals surface area contributed by atoms with Crippen molar-refractivity contribution in [2.75, 3.05) is 6.61 Å². The van der Waals surface area contributed by atoms with Crippen LogP contribution in [0.2, 0.25) is 0 Å². The highest BCUT2D eigenvalue weighted by molar-refractivity contribution is 6.11. The average Bonchev–Trinajstić information content (AvgIpc) is 3.38. The number of fused-ring (bicyclic) bond motifs is 1. The summed E-state index contributed by atoms with van der Waals surface area (Å²) < 4.78 is 10.9. The number of benzene rings is 2. The predicted octanol–water partition coefficient (Wildman–Crippen LogP) is 5.07. The number of carbonyl (C=O) groups is 3. The van der Waals surface area contributed by atoms with Crippen LogP contribution in [0.15, 0.2) is 60.8 Å². The average molecular weight is 444 g/mol. The number of carbonyl (C=O) groups excluding carboxylic acids is 3. The van der Waals surface area contributed by atoms with Crippen molar-refractivity contribution in [2.45, 2.75) is 26.9 Å². The van der Waals surface area contributed by atoms with Crippen molar-refractivity contribution in [3.63, 3.8) is 0 Å². The molecule has 0 saturated carbocycles. The van der Waals surface area contributed by atoms with Crippen LogP contribution in [0.3, 0.4) is 0 Å². The highest BCUT2D eigenvalue weighted by Gasteiger charge is 2.31. The Labute approximate surface area is 190 Å². The van der Waals surface area contributed by atoms with Crippen LogP contribution in [0, 0.1) is 13.8 Å². The smallest absolute Gasteiger partial charge is 0.356 e. The number of esters is 2. The first-order chi connectivity index (χ1) is 15.9. The molecule has 0 saturated heterocycles. The maximum Gasteiger partial charge on any atom is 0.356 e. The Morgan fingerprint density at radius 1 is 0.939 bits per heavy atom. The Hall–Kier alpha value is -4.13. The molecule has 7 heteroatoms. The Balaban J connectivity index is 1.70. The van der Waals surface area contributed by atoms with Gasteiger partial charge in [-0.1, -0.05) is 48.5 Å². The number of aryl methyl sites for hydroxylation is 1. The first kappa shape index (κ1) is 22.1. The second kappa shape index (κ2) is 9.16. The van der Waals surface area contributed by atoms with Crippen LogP contribution in [-0.2, 0) is 9.47 Å². The summed E-state index contributed by atoms with van der Waals surface area (Å²) in [7, 11) is 0. The fraction of sp³-hybridized carbons (Fsp3) is 0.192. The fourth-order valence-electron chi connectivity index (χ4n) is 3.95. The largest absolute Gasteiger partial charge is 0.462 e. The first-order valence-corrected chi connectivity index (χ1v) is 10.6. The summed E-state index contributed by atoms with van der Waals surface area (Å²) >= 11 is 0. The SMILES string of the molecule is CCOC(=O)c1c(C)[nH]c(C(=O)OC(C(=O)c2c[nH]c3ccccc23)c2ccccc2)c1C. The summed E-state index contributed by atoms with van der Waals surface area (Å²) in [4.78, 5) is 45.0. The molecule has 7 nitrogen and oxygen atoms in total. The van der Waals surface area contributed by atoms with Crippen LogP contribution >= 0.6 is 0 Å². The molecule has 2 aromatic heterocycles. The summed E-state index contributed by atoms with van der Waals surface area (Å²) in [5, 5.41) is 0.746. The van der Waals surface area contributed by atoms with E-state index >= 15 is 0 Å². The molecule has 2 N–H and O–H groups in total. The lowest BCUT2D eigenvalue weighted by Gasteiger charge is -2.17. The number of rotatable bonds is 7. The summed E-state index contributed by atoms with van der Waals surface area (Å²) in [6, 6.07) is 16.3. The monoisotopic (exact) mass is 444 g/mol. The zero-order chi connectivity index (χ0) is 23.5. The van der Waals surface area contributed by atoms with Crippen molar-refractivity contribution in [1.29, 1.82) is 0 Å². The normalized spacial score (nSPS) is 11.8. The molecule has 33 heavy (non-hydrogen) atoms. The molecule has 0 amide bonds. The molecule has 0 fully saturated rings. The van der Waals surface area contributed by atoms with Gasteiger partial charge in [-0.15, -0.1) is 0 Å². The molecule has 4 aromatic rings. The van der Waals surface area contributed by atoms with Crippen LogP contribution in [-0.4, -0.2) is 34.3 Å². The van der Waals surface area contributed by atoms with Crippen LogP contribution in [0.25, 0.3) is 10.9 Å². The lowest BCUT2D eigenvalue weighted by molar-refractivity contribution is 0.0274. The van der Waals surface area contributed by atoms with Crippen molar-refractivity contribution in [1.82, 2.24) is 9.97 Å². The molecular weight excluding hydrogens is 420 g/mol. The minimum Gasteiger partial charge on any atom is -0.462 e. The number of ether oxygens (including phenoxy) is 2. The van der Waals surface area contributed by atoms with Gasteiger partial charge >= 0.3 is 11.9 Å². The van der Waals surface area contributed by atoms with Gasteiger partial charge in [-0.2, -0.15) is 0 Å². The van der Waals surface area contributed by atoms with E-state index in [-0.39, 0.29) is 18.1 Å². The molecule has 168 valence electrons. The summed E-state index contributed by atoms with van der Waals surface area (Å²) in [6.45, 7) is 5.26. The number of nitrogens with one attached hydrogen (secondary N) is 2. The maximum atomic E-state index is 13.6. The fourth-order valence-corrected chi connectivity index (χ4v) is 3.95. The van der Waals surface area contributed by atoms with E-state index in [9.17, 15) is 14.4 Å². The van der Waals surface area contributed by atoms with E-state index in [0.717, 1.165) is 10.9 Å². The van der Waals surface area contributed by atoms with Crippen LogP contribution in [0.4, 0.5) is 0 Å². The zero-order valence-electron chi connectivity index (χ0n) is 18.6. The topological polar surface area (TPSA) is 101 Å². The summed E-state index contributed by atoms with van der Waals surface area (Å²) in [6.07, 6.45) is 0.464. The summed E-state index contributed by atoms with van der Waals surface area (Å²) in [5.41, 5.74) is 3.12. The van der Waals surface area contributed by atoms with Gasteiger partial charge in [0.05, 0.1) is 12.2 Å². The molecule has 2 heterocycles. The standard InChI is InChI=1S/C26H24N2O5/c1-4-32-25(30)21-15(2)22(28-16(21)3)26(31)33-24(17-10-6-5-7-11-17)23(29)19-14-27-20-13-9-8-12-18(19)20/h5-14,24,27-28H,4H2,1-3H3. The van der Waals surface area contributed by atoms with Gasteiger partial charge in [0.1, 0.15) is 5.69 Å². The lowest BCUT2D eigenvalue weighted by Crippen LogP contribution is -2.21. The Morgan fingerprint density at radius 2 is 1.64 bits per heavy atom. The molecule has 4 rings (SSSR count). The van der Waals surface area contributed by atoms with Gasteiger partial charge in [0.25, 0.3) is 0 Å². The van der Waals surface area contributed by atoms with Crippen molar-refractivity contribution >= 4 is 28.6 Å². The second-order valence-corrected chi connectivity index (χ2v) is 7.65. The van der Waals surface area contributed by atoms with Crippen molar-refractivity contribution < 1.29 is 23.9 Å². The molecule has 1 atom stereocenters. The number of aromatic nitrogens is 2. The number of aromatic amines is 2. The van der Waals surface area contributed by atoms with E-state index in [0.29, 0.717) is 27.9 Å². The Morgan fingerprint density at radius 3 is 2.36 bits per heavy atom. The van der Waals surface area contributed by atoms with E-state index in [1.807, 2.05) is 30.3 Å². The van der Waals surface area contributed by atoms with Crippen molar-refractivity contribution in [2.24, 2.45) is 0 Å². The number of hydrogen-bond donors (Lipinski definition) is 2. The van der Waals surface area contributed by atoms with E-state index in [1.54, 1.807) is 51.2 Å². The van der Waals surface area contributed by atoms with Gasteiger partial charge in [-0.3, -0.25) is 4.79 Å². The van der Waals surface area contributed by atoms with Gasteiger partial charge in [-0.25, -0.2) is 9.59 Å². The molecule has 0 spiro atoms. The molecule has 0 aliphatic heterocycles. The Bertz CT molecular complexity index is 1330. The number of ketones is 1. The molecule has 0 aliphatic carbocycles. The first-order valence-electron chi connectivity index (χ1n) is 10.6.